The van der Waals surface area contributed by atoms with E-state index in [2.05, 4.69) is 4.98 Å². The summed E-state index contributed by atoms with van der Waals surface area (Å²) in [5.74, 6) is -3.00. The van der Waals surface area contributed by atoms with E-state index in [-0.39, 0.29) is 11.6 Å². The van der Waals surface area contributed by atoms with Crippen molar-refractivity contribution in [1.82, 2.24) is 4.98 Å². The van der Waals surface area contributed by atoms with Crippen molar-refractivity contribution in [1.29, 1.82) is 0 Å². The normalized spacial score (nSPS) is 10.4. The number of carboxylic acid groups (broad SMARTS) is 1. The van der Waals surface area contributed by atoms with Gasteiger partial charge in [-0.1, -0.05) is 11.6 Å². The summed E-state index contributed by atoms with van der Waals surface area (Å²) < 4.78 is 31.5. The monoisotopic (exact) mass is 299 g/mol. The molecule has 0 fully saturated rings. The lowest BCUT2D eigenvalue weighted by atomic mass is 10.2. The fourth-order valence-corrected chi connectivity index (χ4v) is 1.64. The van der Waals surface area contributed by atoms with Gasteiger partial charge in [-0.25, -0.2) is 13.6 Å². The maximum Gasteiger partial charge on any atom is 0.341 e. The Balaban J connectivity index is 2.47. The molecule has 104 valence electrons. The van der Waals surface area contributed by atoms with Crippen LogP contribution in [0.2, 0.25) is 5.15 Å². The smallest absolute Gasteiger partial charge is 0.341 e. The molecule has 0 aliphatic heterocycles. The van der Waals surface area contributed by atoms with Crippen molar-refractivity contribution < 1.29 is 23.4 Å². The highest BCUT2D eigenvalue weighted by Crippen LogP contribution is 2.29. The number of aryl methyl sites for hydroxylation is 1. The third-order valence-electron chi connectivity index (χ3n) is 2.47. The average molecular weight is 300 g/mol. The van der Waals surface area contributed by atoms with Crippen LogP contribution in [-0.2, 0) is 0 Å². The van der Waals surface area contributed by atoms with Crippen molar-refractivity contribution >= 4 is 17.6 Å². The first kappa shape index (κ1) is 14.2. The van der Waals surface area contributed by atoms with Crippen LogP contribution in [0, 0.1) is 18.6 Å². The zero-order chi connectivity index (χ0) is 14.9. The predicted molar refractivity (Wildman–Crippen MR) is 67.4 cm³/mol. The Bertz CT molecular complexity index is 692. The number of hydrogen-bond donors (Lipinski definition) is 1. The van der Waals surface area contributed by atoms with Crippen molar-refractivity contribution in [3.8, 4) is 11.6 Å². The molecule has 1 aromatic heterocycles. The van der Waals surface area contributed by atoms with Gasteiger partial charge in [-0.15, -0.1) is 0 Å². The number of aromatic carboxylic acids is 1. The molecule has 0 saturated heterocycles. The van der Waals surface area contributed by atoms with Crippen molar-refractivity contribution in [2.75, 3.05) is 0 Å². The number of carboxylic acids is 1. The van der Waals surface area contributed by atoms with Gasteiger partial charge in [-0.05, 0) is 36.8 Å². The van der Waals surface area contributed by atoms with Gasteiger partial charge in [0.1, 0.15) is 17.1 Å². The average Bonchev–Trinajstić information content (AvgIpc) is 2.36. The van der Waals surface area contributed by atoms with Gasteiger partial charge in [-0.3, -0.25) is 0 Å². The Morgan fingerprint density at radius 1 is 1.35 bits per heavy atom. The number of ether oxygens (including phenoxy) is 1. The summed E-state index contributed by atoms with van der Waals surface area (Å²) >= 11 is 5.50. The number of benzene rings is 1. The molecule has 0 unspecified atom stereocenters. The molecule has 1 heterocycles. The Morgan fingerprint density at radius 3 is 2.65 bits per heavy atom. The van der Waals surface area contributed by atoms with E-state index in [0.717, 1.165) is 6.07 Å². The number of hydrogen-bond acceptors (Lipinski definition) is 3. The highest BCUT2D eigenvalue weighted by atomic mass is 35.5. The van der Waals surface area contributed by atoms with E-state index in [4.69, 9.17) is 21.4 Å². The minimum Gasteiger partial charge on any atom is -0.477 e. The van der Waals surface area contributed by atoms with Gasteiger partial charge in [0.25, 0.3) is 0 Å². The molecule has 20 heavy (non-hydrogen) atoms. The fraction of sp³-hybridized carbons (Fsp3) is 0.0769. The summed E-state index contributed by atoms with van der Waals surface area (Å²) in [5.41, 5.74) is -0.0424. The zero-order valence-corrected chi connectivity index (χ0v) is 10.9. The Hall–Kier alpha value is -2.21. The van der Waals surface area contributed by atoms with Crippen LogP contribution >= 0.6 is 11.6 Å². The highest BCUT2D eigenvalue weighted by Gasteiger charge is 2.18. The molecule has 0 saturated carbocycles. The maximum atomic E-state index is 13.2. The van der Waals surface area contributed by atoms with Crippen molar-refractivity contribution in [3.05, 3.63) is 52.2 Å². The van der Waals surface area contributed by atoms with Gasteiger partial charge in [0.15, 0.2) is 11.0 Å². The minimum absolute atomic E-state index is 0.198. The van der Waals surface area contributed by atoms with E-state index in [9.17, 15) is 13.6 Å². The van der Waals surface area contributed by atoms with Crippen molar-refractivity contribution in [2.45, 2.75) is 6.92 Å². The van der Waals surface area contributed by atoms with E-state index in [1.807, 2.05) is 0 Å². The summed E-state index contributed by atoms with van der Waals surface area (Å²) in [4.78, 5) is 14.6. The quantitative estimate of drug-likeness (QED) is 0.875. The molecular formula is C13H8ClF2NO3. The highest BCUT2D eigenvalue weighted by molar-refractivity contribution is 6.29. The molecule has 0 radical (unpaired) electrons. The molecule has 1 N–H and O–H groups in total. The van der Waals surface area contributed by atoms with E-state index in [1.54, 1.807) is 6.92 Å². The second-order valence-corrected chi connectivity index (χ2v) is 4.29. The van der Waals surface area contributed by atoms with Gasteiger partial charge in [0, 0.05) is 0 Å². The molecule has 0 atom stereocenters. The van der Waals surface area contributed by atoms with E-state index >= 15 is 0 Å². The molecule has 4 nitrogen and oxygen atoms in total. The molecule has 2 aromatic rings. The van der Waals surface area contributed by atoms with Gasteiger partial charge in [-0.2, -0.15) is 4.98 Å². The third-order valence-corrected chi connectivity index (χ3v) is 2.74. The molecule has 0 aliphatic carbocycles. The standard InChI is InChI=1S/C13H8ClF2NO3/c1-6-4-7(15)2-3-10(6)20-12-8(13(18)19)5-9(16)11(14)17-12/h2-5H,1H3,(H,18,19). The Labute approximate surface area is 117 Å². The molecule has 1 aromatic carbocycles. The number of nitrogens with zero attached hydrogens (tertiary/aromatic N) is 1. The van der Waals surface area contributed by atoms with Gasteiger partial charge in [0.05, 0.1) is 0 Å². The summed E-state index contributed by atoms with van der Waals surface area (Å²) in [6, 6.07) is 4.38. The lowest BCUT2D eigenvalue weighted by Crippen LogP contribution is -2.04. The summed E-state index contributed by atoms with van der Waals surface area (Å²) in [6.07, 6.45) is 0. The number of rotatable bonds is 3. The second kappa shape index (κ2) is 5.42. The Kier molecular flexibility index (Phi) is 3.85. The SMILES string of the molecule is Cc1cc(F)ccc1Oc1nc(Cl)c(F)cc1C(=O)O. The molecule has 0 spiro atoms. The van der Waals surface area contributed by atoms with Crippen LogP contribution in [0.15, 0.2) is 24.3 Å². The van der Waals surface area contributed by atoms with Crippen LogP contribution in [0.3, 0.4) is 0 Å². The second-order valence-electron chi connectivity index (χ2n) is 3.93. The van der Waals surface area contributed by atoms with Crippen LogP contribution in [0.1, 0.15) is 15.9 Å². The zero-order valence-electron chi connectivity index (χ0n) is 10.2. The van der Waals surface area contributed by atoms with Gasteiger partial charge < -0.3 is 9.84 Å². The van der Waals surface area contributed by atoms with E-state index in [0.29, 0.717) is 11.6 Å². The van der Waals surface area contributed by atoms with Gasteiger partial charge in [0.2, 0.25) is 5.88 Å². The van der Waals surface area contributed by atoms with Crippen LogP contribution < -0.4 is 4.74 Å². The molecule has 0 aliphatic rings. The summed E-state index contributed by atoms with van der Waals surface area (Å²) in [5, 5.41) is 8.47. The molecule has 0 amide bonds. The van der Waals surface area contributed by atoms with Crippen molar-refractivity contribution in [3.63, 3.8) is 0 Å². The fourth-order valence-electron chi connectivity index (χ4n) is 1.51. The van der Waals surface area contributed by atoms with Crippen LogP contribution in [0.25, 0.3) is 0 Å². The summed E-state index contributed by atoms with van der Waals surface area (Å²) in [7, 11) is 0. The molecule has 0 bridgehead atoms. The van der Waals surface area contributed by atoms with E-state index < -0.39 is 28.3 Å². The number of aromatic nitrogens is 1. The van der Waals surface area contributed by atoms with Crippen LogP contribution in [0.4, 0.5) is 8.78 Å². The van der Waals surface area contributed by atoms with Crippen LogP contribution in [0.5, 0.6) is 11.6 Å². The van der Waals surface area contributed by atoms with Crippen molar-refractivity contribution in [2.24, 2.45) is 0 Å². The maximum absolute atomic E-state index is 13.2. The predicted octanol–water partition coefficient (Wildman–Crippen LogP) is 3.81. The van der Waals surface area contributed by atoms with Crippen LogP contribution in [-0.4, -0.2) is 16.1 Å². The first-order valence-corrected chi connectivity index (χ1v) is 5.79. The number of carbonyl (C=O) groups is 1. The van der Waals surface area contributed by atoms with Gasteiger partial charge >= 0.3 is 5.97 Å². The largest absolute Gasteiger partial charge is 0.477 e. The number of halogens is 3. The first-order valence-electron chi connectivity index (χ1n) is 5.42. The lowest BCUT2D eigenvalue weighted by Gasteiger charge is -2.10. The lowest BCUT2D eigenvalue weighted by molar-refractivity contribution is 0.0692. The van der Waals surface area contributed by atoms with E-state index in [1.165, 1.54) is 12.1 Å². The topological polar surface area (TPSA) is 59.4 Å². The number of pyridine rings is 1. The summed E-state index contributed by atoms with van der Waals surface area (Å²) in [6.45, 7) is 1.57. The third kappa shape index (κ3) is 2.85. The minimum atomic E-state index is -1.41. The Morgan fingerprint density at radius 2 is 2.05 bits per heavy atom. The molecule has 2 rings (SSSR count). The molecular weight excluding hydrogens is 292 g/mol. The first-order chi connectivity index (χ1) is 9.38. The molecule has 7 heteroatoms.